The molecule has 0 aliphatic rings. The molecule has 2 amide bonds. The quantitative estimate of drug-likeness (QED) is 0.248. The van der Waals surface area contributed by atoms with Gasteiger partial charge in [0.15, 0.2) is 11.5 Å². The molecule has 0 saturated carbocycles. The molecule has 7 nitrogen and oxygen atoms in total. The molecule has 0 aliphatic carbocycles. The summed E-state index contributed by atoms with van der Waals surface area (Å²) in [4.78, 5) is 31.8. The lowest BCUT2D eigenvalue weighted by Gasteiger charge is -2.28. The van der Waals surface area contributed by atoms with Gasteiger partial charge in [0, 0.05) is 36.7 Å². The summed E-state index contributed by atoms with van der Waals surface area (Å²) in [6, 6.07) is 17.3. The van der Waals surface area contributed by atoms with Gasteiger partial charge in [0.25, 0.3) is 5.91 Å². The summed E-state index contributed by atoms with van der Waals surface area (Å²) in [7, 11) is 3.22. The Morgan fingerprint density at radius 3 is 2.39 bits per heavy atom. The fourth-order valence-electron chi connectivity index (χ4n) is 4.18. The molecule has 0 aliphatic heterocycles. The van der Waals surface area contributed by atoms with Crippen molar-refractivity contribution in [3.63, 3.8) is 0 Å². The molecule has 3 aromatic rings. The van der Waals surface area contributed by atoms with E-state index < -0.39 is 0 Å². The number of amides is 2. The molecule has 2 aromatic carbocycles. The number of hydrogen-bond donors (Lipinski definition) is 0. The first-order chi connectivity index (χ1) is 18.5. The first kappa shape index (κ1) is 29.2. The van der Waals surface area contributed by atoms with Crippen LogP contribution >= 0.6 is 11.3 Å². The molecule has 0 fully saturated rings. The number of nitrogens with zero attached hydrogens (tertiary/aromatic N) is 2. The third-order valence-corrected chi connectivity index (χ3v) is 7.17. The zero-order valence-electron chi connectivity index (χ0n) is 22.8. The fraction of sp³-hybridized carbons (Fsp3) is 0.400. The molecule has 0 atom stereocenters. The molecule has 38 heavy (non-hydrogen) atoms. The van der Waals surface area contributed by atoms with Gasteiger partial charge < -0.3 is 24.0 Å². The van der Waals surface area contributed by atoms with Crippen molar-refractivity contribution < 1.29 is 23.8 Å². The summed E-state index contributed by atoms with van der Waals surface area (Å²) in [5.74, 6) is 1.10. The van der Waals surface area contributed by atoms with Gasteiger partial charge in [0.05, 0.1) is 20.8 Å². The van der Waals surface area contributed by atoms with E-state index in [2.05, 4.69) is 0 Å². The Balaban J connectivity index is 1.78. The smallest absolute Gasteiger partial charge is 0.254 e. The Kier molecular flexibility index (Phi) is 11.6. The van der Waals surface area contributed by atoms with Gasteiger partial charge in [-0.2, -0.15) is 0 Å². The summed E-state index contributed by atoms with van der Waals surface area (Å²) in [6.45, 7) is 6.49. The highest BCUT2D eigenvalue weighted by Crippen LogP contribution is 2.28. The zero-order valence-corrected chi connectivity index (χ0v) is 23.6. The van der Waals surface area contributed by atoms with Crippen molar-refractivity contribution in [1.82, 2.24) is 9.80 Å². The molecule has 0 bridgehead atoms. The maximum atomic E-state index is 13.7. The van der Waals surface area contributed by atoms with E-state index in [1.807, 2.05) is 78.7 Å². The SMILES string of the molecule is CCOCCCN(CC(=O)N(CCc1ccc(OC)c(OC)c1)Cc1cccs1)C(=O)c1ccccc1C. The van der Waals surface area contributed by atoms with Crippen molar-refractivity contribution in [2.24, 2.45) is 0 Å². The molecular formula is C30H38N2O5S. The normalized spacial score (nSPS) is 10.7. The van der Waals surface area contributed by atoms with E-state index in [-0.39, 0.29) is 18.4 Å². The number of carbonyl (C=O) groups excluding carboxylic acids is 2. The Morgan fingerprint density at radius 1 is 0.921 bits per heavy atom. The number of thiophene rings is 1. The number of carbonyl (C=O) groups is 2. The molecule has 0 spiro atoms. The monoisotopic (exact) mass is 538 g/mol. The molecule has 0 radical (unpaired) electrons. The third kappa shape index (κ3) is 8.33. The highest BCUT2D eigenvalue weighted by molar-refractivity contribution is 7.09. The van der Waals surface area contributed by atoms with E-state index in [0.717, 1.165) is 16.0 Å². The van der Waals surface area contributed by atoms with Crippen LogP contribution in [0.5, 0.6) is 11.5 Å². The van der Waals surface area contributed by atoms with Gasteiger partial charge in [0.2, 0.25) is 5.91 Å². The van der Waals surface area contributed by atoms with E-state index >= 15 is 0 Å². The first-order valence-corrected chi connectivity index (χ1v) is 13.8. The predicted octanol–water partition coefficient (Wildman–Crippen LogP) is 5.21. The standard InChI is InChI=1S/C30H38N2O5S/c1-5-37-18-9-16-32(30(34)26-12-7-6-10-23(26)2)22-29(33)31(21-25-11-8-19-38-25)17-15-24-13-14-27(35-3)28(20-24)36-4/h6-8,10-14,19-20H,5,9,15-18,21-22H2,1-4H3. The topological polar surface area (TPSA) is 68.3 Å². The molecule has 1 heterocycles. The van der Waals surface area contributed by atoms with Gasteiger partial charge in [-0.15, -0.1) is 11.3 Å². The fourth-order valence-corrected chi connectivity index (χ4v) is 4.90. The van der Waals surface area contributed by atoms with E-state index in [0.29, 0.717) is 62.8 Å². The van der Waals surface area contributed by atoms with Crippen molar-refractivity contribution in [2.45, 2.75) is 33.2 Å². The van der Waals surface area contributed by atoms with Crippen molar-refractivity contribution in [3.05, 3.63) is 81.5 Å². The summed E-state index contributed by atoms with van der Waals surface area (Å²) in [6.07, 6.45) is 1.31. The summed E-state index contributed by atoms with van der Waals surface area (Å²) >= 11 is 1.62. The summed E-state index contributed by atoms with van der Waals surface area (Å²) < 4.78 is 16.3. The summed E-state index contributed by atoms with van der Waals surface area (Å²) in [5.41, 5.74) is 2.55. The van der Waals surface area contributed by atoms with Crippen LogP contribution in [-0.4, -0.2) is 68.7 Å². The first-order valence-electron chi connectivity index (χ1n) is 12.9. The number of hydrogen-bond acceptors (Lipinski definition) is 6. The molecule has 0 N–H and O–H groups in total. The number of aryl methyl sites for hydroxylation is 1. The Bertz CT molecular complexity index is 1170. The number of benzene rings is 2. The minimum Gasteiger partial charge on any atom is -0.493 e. The maximum Gasteiger partial charge on any atom is 0.254 e. The van der Waals surface area contributed by atoms with E-state index in [1.165, 1.54) is 0 Å². The van der Waals surface area contributed by atoms with Gasteiger partial charge in [0.1, 0.15) is 6.54 Å². The van der Waals surface area contributed by atoms with Crippen LogP contribution in [0.4, 0.5) is 0 Å². The van der Waals surface area contributed by atoms with Crippen molar-refractivity contribution in [1.29, 1.82) is 0 Å². The lowest BCUT2D eigenvalue weighted by atomic mass is 10.1. The van der Waals surface area contributed by atoms with Crippen LogP contribution < -0.4 is 9.47 Å². The molecular weight excluding hydrogens is 500 g/mol. The minimum atomic E-state index is -0.135. The van der Waals surface area contributed by atoms with E-state index in [1.54, 1.807) is 30.5 Å². The second-order valence-corrected chi connectivity index (χ2v) is 9.96. The zero-order chi connectivity index (χ0) is 27.3. The largest absolute Gasteiger partial charge is 0.493 e. The third-order valence-electron chi connectivity index (χ3n) is 6.31. The Labute approximate surface area is 229 Å². The van der Waals surface area contributed by atoms with Crippen molar-refractivity contribution in [2.75, 3.05) is 47.1 Å². The average Bonchev–Trinajstić information content (AvgIpc) is 3.45. The lowest BCUT2D eigenvalue weighted by molar-refractivity contribution is -0.132. The average molecular weight is 539 g/mol. The maximum absolute atomic E-state index is 13.7. The minimum absolute atomic E-state index is 0.0105. The van der Waals surface area contributed by atoms with Crippen LogP contribution in [0.25, 0.3) is 0 Å². The summed E-state index contributed by atoms with van der Waals surface area (Å²) in [5, 5.41) is 2.01. The lowest BCUT2D eigenvalue weighted by Crippen LogP contribution is -2.44. The Morgan fingerprint density at radius 2 is 1.71 bits per heavy atom. The molecule has 8 heteroatoms. The van der Waals surface area contributed by atoms with Crippen molar-refractivity contribution in [3.8, 4) is 11.5 Å². The van der Waals surface area contributed by atoms with Crippen molar-refractivity contribution >= 4 is 23.2 Å². The van der Waals surface area contributed by atoms with Gasteiger partial charge in [-0.05, 0) is 67.5 Å². The molecule has 0 saturated heterocycles. The number of methoxy groups -OCH3 is 2. The Hall–Kier alpha value is -3.36. The van der Waals surface area contributed by atoms with Crippen LogP contribution in [-0.2, 0) is 22.5 Å². The van der Waals surface area contributed by atoms with Gasteiger partial charge in [-0.3, -0.25) is 9.59 Å². The van der Waals surface area contributed by atoms with Gasteiger partial charge >= 0.3 is 0 Å². The second-order valence-electron chi connectivity index (χ2n) is 8.93. The highest BCUT2D eigenvalue weighted by atomic mass is 32.1. The van der Waals surface area contributed by atoms with Crippen LogP contribution in [0.3, 0.4) is 0 Å². The highest BCUT2D eigenvalue weighted by Gasteiger charge is 2.23. The van der Waals surface area contributed by atoms with Crippen LogP contribution in [0, 0.1) is 6.92 Å². The second kappa shape index (κ2) is 15.1. The van der Waals surface area contributed by atoms with Gasteiger partial charge in [-0.1, -0.05) is 30.3 Å². The van der Waals surface area contributed by atoms with E-state index in [4.69, 9.17) is 14.2 Å². The van der Waals surface area contributed by atoms with Crippen LogP contribution in [0.1, 0.15) is 39.7 Å². The van der Waals surface area contributed by atoms with Crippen LogP contribution in [0.15, 0.2) is 60.0 Å². The van der Waals surface area contributed by atoms with Crippen LogP contribution in [0.2, 0.25) is 0 Å². The predicted molar refractivity (Wildman–Crippen MR) is 151 cm³/mol. The number of rotatable bonds is 15. The molecule has 3 rings (SSSR count). The molecule has 204 valence electrons. The van der Waals surface area contributed by atoms with E-state index in [9.17, 15) is 9.59 Å². The molecule has 0 unspecified atom stereocenters. The molecule has 1 aromatic heterocycles. The number of ether oxygens (including phenoxy) is 3. The van der Waals surface area contributed by atoms with Gasteiger partial charge in [-0.25, -0.2) is 0 Å².